The lowest BCUT2D eigenvalue weighted by molar-refractivity contribution is -0.119. The molecule has 0 bridgehead atoms. The highest BCUT2D eigenvalue weighted by atomic mass is 32.1. The maximum atomic E-state index is 11.3. The Hall–Kier alpha value is -1.17. The van der Waals surface area contributed by atoms with Crippen LogP contribution in [-0.4, -0.2) is 28.4 Å². The average molecular weight is 240 g/mol. The lowest BCUT2D eigenvalue weighted by Gasteiger charge is -2.03. The van der Waals surface area contributed by atoms with Gasteiger partial charge in [-0.2, -0.15) is 4.37 Å². The minimum atomic E-state index is 0.00465. The molecule has 1 aromatic rings. The van der Waals surface area contributed by atoms with Crippen LogP contribution in [-0.2, 0) is 4.79 Å². The van der Waals surface area contributed by atoms with Gasteiger partial charge in [0.25, 0.3) is 0 Å². The fraction of sp³-hybridized carbons (Fsp3) is 0.700. The normalized spacial score (nSPS) is 14.8. The molecule has 1 heterocycles. The SMILES string of the molecule is CCCNC(=O)CNc1nc(C2CC2)ns1. The first-order chi connectivity index (χ1) is 7.79. The van der Waals surface area contributed by atoms with Gasteiger partial charge in [0, 0.05) is 24.0 Å². The lowest BCUT2D eigenvalue weighted by atomic mass is 10.4. The second-order valence-electron chi connectivity index (χ2n) is 3.94. The molecule has 0 aliphatic heterocycles. The van der Waals surface area contributed by atoms with Crippen LogP contribution >= 0.6 is 11.5 Å². The molecule has 1 fully saturated rings. The van der Waals surface area contributed by atoms with Crippen molar-refractivity contribution in [3.05, 3.63) is 5.82 Å². The molecule has 1 amide bonds. The Kier molecular flexibility index (Phi) is 3.71. The minimum Gasteiger partial charge on any atom is -0.355 e. The molecule has 1 aliphatic rings. The van der Waals surface area contributed by atoms with Gasteiger partial charge in [0.1, 0.15) is 5.82 Å². The van der Waals surface area contributed by atoms with Crippen molar-refractivity contribution in [2.45, 2.75) is 32.1 Å². The number of nitrogens with one attached hydrogen (secondary N) is 2. The van der Waals surface area contributed by atoms with Gasteiger partial charge in [-0.05, 0) is 19.3 Å². The molecule has 2 N–H and O–H groups in total. The van der Waals surface area contributed by atoms with Crippen molar-refractivity contribution in [1.82, 2.24) is 14.7 Å². The molecule has 0 saturated heterocycles. The first-order valence-corrected chi connectivity index (χ1v) is 6.41. The van der Waals surface area contributed by atoms with E-state index in [1.165, 1.54) is 24.4 Å². The van der Waals surface area contributed by atoms with Crippen molar-refractivity contribution in [3.8, 4) is 0 Å². The zero-order chi connectivity index (χ0) is 11.4. The fourth-order valence-electron chi connectivity index (χ4n) is 1.30. The predicted molar refractivity (Wildman–Crippen MR) is 63.7 cm³/mol. The summed E-state index contributed by atoms with van der Waals surface area (Å²) < 4.78 is 4.25. The Balaban J connectivity index is 1.73. The van der Waals surface area contributed by atoms with Gasteiger partial charge < -0.3 is 10.6 Å². The number of hydrogen-bond acceptors (Lipinski definition) is 5. The molecule has 0 unspecified atom stereocenters. The molecule has 0 radical (unpaired) electrons. The third kappa shape index (κ3) is 3.16. The van der Waals surface area contributed by atoms with Gasteiger partial charge in [0.05, 0.1) is 6.54 Å². The number of carbonyl (C=O) groups is 1. The van der Waals surface area contributed by atoms with Crippen molar-refractivity contribution in [2.75, 3.05) is 18.4 Å². The number of rotatable bonds is 6. The third-order valence-electron chi connectivity index (χ3n) is 2.36. The summed E-state index contributed by atoms with van der Waals surface area (Å²) in [5, 5.41) is 6.53. The van der Waals surface area contributed by atoms with Crippen LogP contribution in [0.2, 0.25) is 0 Å². The summed E-state index contributed by atoms with van der Waals surface area (Å²) in [6, 6.07) is 0. The Morgan fingerprint density at radius 3 is 3.06 bits per heavy atom. The summed E-state index contributed by atoms with van der Waals surface area (Å²) in [5.41, 5.74) is 0. The first-order valence-electron chi connectivity index (χ1n) is 5.63. The Morgan fingerprint density at radius 2 is 2.38 bits per heavy atom. The van der Waals surface area contributed by atoms with E-state index in [9.17, 15) is 4.79 Å². The maximum absolute atomic E-state index is 11.3. The van der Waals surface area contributed by atoms with E-state index in [2.05, 4.69) is 20.0 Å². The van der Waals surface area contributed by atoms with E-state index in [1.54, 1.807) is 0 Å². The van der Waals surface area contributed by atoms with Gasteiger partial charge in [-0.3, -0.25) is 4.79 Å². The molecular weight excluding hydrogens is 224 g/mol. The van der Waals surface area contributed by atoms with E-state index >= 15 is 0 Å². The summed E-state index contributed by atoms with van der Waals surface area (Å²) in [5.74, 6) is 1.51. The lowest BCUT2D eigenvalue weighted by Crippen LogP contribution is -2.30. The van der Waals surface area contributed by atoms with Gasteiger partial charge in [-0.25, -0.2) is 4.98 Å². The third-order valence-corrected chi connectivity index (χ3v) is 3.04. The van der Waals surface area contributed by atoms with Gasteiger partial charge in [0.15, 0.2) is 0 Å². The van der Waals surface area contributed by atoms with Gasteiger partial charge in [-0.15, -0.1) is 0 Å². The zero-order valence-corrected chi connectivity index (χ0v) is 10.1. The second-order valence-corrected chi connectivity index (χ2v) is 4.69. The quantitative estimate of drug-likeness (QED) is 0.787. The van der Waals surface area contributed by atoms with Crippen LogP contribution in [0.3, 0.4) is 0 Å². The van der Waals surface area contributed by atoms with E-state index in [0.717, 1.165) is 23.9 Å². The van der Waals surface area contributed by atoms with Crippen LogP contribution in [0.1, 0.15) is 37.9 Å². The molecular formula is C10H16N4OS. The Labute approximate surface area is 98.8 Å². The summed E-state index contributed by atoms with van der Waals surface area (Å²) in [7, 11) is 0. The number of anilines is 1. The molecule has 2 rings (SSSR count). The molecule has 0 atom stereocenters. The second kappa shape index (κ2) is 5.25. The van der Waals surface area contributed by atoms with Crippen LogP contribution in [0.25, 0.3) is 0 Å². The van der Waals surface area contributed by atoms with E-state index in [4.69, 9.17) is 0 Å². The van der Waals surface area contributed by atoms with Crippen molar-refractivity contribution < 1.29 is 4.79 Å². The summed E-state index contributed by atoms with van der Waals surface area (Å²) in [4.78, 5) is 15.7. The van der Waals surface area contributed by atoms with Crippen LogP contribution in [0.15, 0.2) is 0 Å². The maximum Gasteiger partial charge on any atom is 0.239 e. The van der Waals surface area contributed by atoms with Crippen LogP contribution in [0.4, 0.5) is 5.13 Å². The van der Waals surface area contributed by atoms with E-state index in [0.29, 0.717) is 5.92 Å². The van der Waals surface area contributed by atoms with E-state index in [1.807, 2.05) is 6.92 Å². The van der Waals surface area contributed by atoms with E-state index < -0.39 is 0 Å². The van der Waals surface area contributed by atoms with Crippen molar-refractivity contribution >= 4 is 22.6 Å². The molecule has 0 aromatic carbocycles. The highest BCUT2D eigenvalue weighted by molar-refractivity contribution is 7.09. The summed E-state index contributed by atoms with van der Waals surface area (Å²) in [6.07, 6.45) is 3.36. The zero-order valence-electron chi connectivity index (χ0n) is 9.32. The predicted octanol–water partition coefficient (Wildman–Crippen LogP) is 1.35. The molecule has 16 heavy (non-hydrogen) atoms. The molecule has 5 nitrogen and oxygen atoms in total. The molecule has 88 valence electrons. The van der Waals surface area contributed by atoms with Crippen molar-refractivity contribution in [2.24, 2.45) is 0 Å². The number of aromatic nitrogens is 2. The summed E-state index contributed by atoms with van der Waals surface area (Å²) >= 11 is 1.33. The van der Waals surface area contributed by atoms with Crippen molar-refractivity contribution in [3.63, 3.8) is 0 Å². The van der Waals surface area contributed by atoms with Gasteiger partial charge in [-0.1, -0.05) is 6.92 Å². The van der Waals surface area contributed by atoms with Gasteiger partial charge in [0.2, 0.25) is 11.0 Å². The highest BCUT2D eigenvalue weighted by Crippen LogP contribution is 2.39. The Morgan fingerprint density at radius 1 is 1.56 bits per heavy atom. The number of carbonyl (C=O) groups excluding carboxylic acids is 1. The van der Waals surface area contributed by atoms with Crippen LogP contribution in [0, 0.1) is 0 Å². The summed E-state index contributed by atoms with van der Waals surface area (Å²) in [6.45, 7) is 3.03. The van der Waals surface area contributed by atoms with Crippen molar-refractivity contribution in [1.29, 1.82) is 0 Å². The fourth-order valence-corrected chi connectivity index (χ4v) is 1.94. The molecule has 1 aliphatic carbocycles. The van der Waals surface area contributed by atoms with Crippen LogP contribution < -0.4 is 10.6 Å². The Bertz CT molecular complexity index is 361. The first kappa shape index (κ1) is 11.3. The number of nitrogens with zero attached hydrogens (tertiary/aromatic N) is 2. The highest BCUT2D eigenvalue weighted by Gasteiger charge is 2.27. The average Bonchev–Trinajstić information content (AvgIpc) is 3.03. The molecule has 0 spiro atoms. The standard InChI is InChI=1S/C10H16N4OS/c1-2-5-11-8(15)6-12-10-13-9(14-16-10)7-3-4-7/h7H,2-6H2,1H3,(H,11,15)(H,12,13,14). The number of amides is 1. The van der Waals surface area contributed by atoms with Crippen LogP contribution in [0.5, 0.6) is 0 Å². The van der Waals surface area contributed by atoms with Gasteiger partial charge >= 0.3 is 0 Å². The number of hydrogen-bond donors (Lipinski definition) is 2. The minimum absolute atomic E-state index is 0.00465. The largest absolute Gasteiger partial charge is 0.355 e. The molecule has 1 saturated carbocycles. The monoisotopic (exact) mass is 240 g/mol. The topological polar surface area (TPSA) is 66.9 Å². The molecule has 6 heteroatoms. The van der Waals surface area contributed by atoms with E-state index in [-0.39, 0.29) is 12.5 Å². The smallest absolute Gasteiger partial charge is 0.239 e. The molecule has 1 aromatic heterocycles.